The fourth-order valence-corrected chi connectivity index (χ4v) is 2.65. The first-order chi connectivity index (χ1) is 10.6. The fourth-order valence-electron chi connectivity index (χ4n) is 2.54. The summed E-state index contributed by atoms with van der Waals surface area (Å²) < 4.78 is 0. The van der Waals surface area contributed by atoms with Gasteiger partial charge in [-0.05, 0) is 42.6 Å². The molecule has 0 saturated heterocycles. The van der Waals surface area contributed by atoms with Gasteiger partial charge in [-0.25, -0.2) is 0 Å². The van der Waals surface area contributed by atoms with E-state index in [1.807, 2.05) is 31.2 Å². The highest BCUT2D eigenvalue weighted by Gasteiger charge is 2.11. The Morgan fingerprint density at radius 1 is 1.14 bits per heavy atom. The number of halogens is 1. The maximum absolute atomic E-state index is 10.4. The lowest BCUT2D eigenvalue weighted by Crippen LogP contribution is -2.25. The molecule has 2 aromatic carbocycles. The van der Waals surface area contributed by atoms with E-state index in [1.165, 1.54) is 5.56 Å². The Balaban J connectivity index is 1.90. The molecule has 0 heterocycles. The minimum Gasteiger partial charge on any atom is -0.388 e. The van der Waals surface area contributed by atoms with Crippen molar-refractivity contribution in [1.82, 2.24) is 4.90 Å². The third kappa shape index (κ3) is 4.84. The van der Waals surface area contributed by atoms with Crippen LogP contribution < -0.4 is 0 Å². The summed E-state index contributed by atoms with van der Waals surface area (Å²) in [5, 5.41) is 11.1. The molecule has 1 atom stereocenters. The molecular formula is C19H24ClNO. The van der Waals surface area contributed by atoms with Gasteiger partial charge in [-0.15, -0.1) is 0 Å². The molecule has 118 valence electrons. The van der Waals surface area contributed by atoms with Crippen LogP contribution in [0.4, 0.5) is 0 Å². The lowest BCUT2D eigenvalue weighted by molar-refractivity contribution is 0.141. The zero-order valence-electron chi connectivity index (χ0n) is 13.3. The summed E-state index contributed by atoms with van der Waals surface area (Å²) in [6, 6.07) is 16.2. The molecule has 0 spiro atoms. The van der Waals surface area contributed by atoms with Gasteiger partial charge in [0.2, 0.25) is 0 Å². The van der Waals surface area contributed by atoms with Gasteiger partial charge in [0, 0.05) is 18.1 Å². The Bertz CT molecular complexity index is 585. The maximum atomic E-state index is 10.4. The van der Waals surface area contributed by atoms with Gasteiger partial charge in [0.1, 0.15) is 0 Å². The van der Waals surface area contributed by atoms with Crippen LogP contribution in [-0.4, -0.2) is 23.1 Å². The molecule has 0 aliphatic heterocycles. The Morgan fingerprint density at radius 2 is 1.86 bits per heavy atom. The van der Waals surface area contributed by atoms with Gasteiger partial charge in [-0.1, -0.05) is 61.0 Å². The molecule has 1 unspecified atom stereocenters. The van der Waals surface area contributed by atoms with Gasteiger partial charge in [0.25, 0.3) is 0 Å². The van der Waals surface area contributed by atoms with E-state index in [0.717, 1.165) is 42.2 Å². The number of aliphatic hydroxyl groups excluding tert-OH is 1. The molecule has 0 bridgehead atoms. The van der Waals surface area contributed by atoms with Gasteiger partial charge in [-0.2, -0.15) is 0 Å². The largest absolute Gasteiger partial charge is 0.388 e. The molecule has 2 nitrogen and oxygen atoms in total. The SMILES string of the molecule is CCN(CCC(O)c1ccc(Cl)c(C)c1)Cc1ccccc1. The summed E-state index contributed by atoms with van der Waals surface area (Å²) >= 11 is 6.04. The summed E-state index contributed by atoms with van der Waals surface area (Å²) in [4.78, 5) is 2.35. The van der Waals surface area contributed by atoms with Crippen LogP contribution in [0.2, 0.25) is 5.02 Å². The number of aryl methyl sites for hydroxylation is 1. The lowest BCUT2D eigenvalue weighted by Gasteiger charge is -2.22. The Kier molecular flexibility index (Phi) is 6.44. The van der Waals surface area contributed by atoms with E-state index in [9.17, 15) is 5.11 Å². The van der Waals surface area contributed by atoms with Crippen LogP contribution in [0.5, 0.6) is 0 Å². The van der Waals surface area contributed by atoms with Crippen LogP contribution in [0.15, 0.2) is 48.5 Å². The van der Waals surface area contributed by atoms with Crippen LogP contribution in [0, 0.1) is 6.92 Å². The molecule has 0 amide bonds. The third-order valence-electron chi connectivity index (χ3n) is 3.98. The van der Waals surface area contributed by atoms with Crippen molar-refractivity contribution < 1.29 is 5.11 Å². The van der Waals surface area contributed by atoms with Crippen molar-refractivity contribution in [1.29, 1.82) is 0 Å². The standard InChI is InChI=1S/C19H24ClNO/c1-3-21(14-16-7-5-4-6-8-16)12-11-19(22)17-9-10-18(20)15(2)13-17/h4-10,13,19,22H,3,11-12,14H2,1-2H3. The summed E-state index contributed by atoms with van der Waals surface area (Å²) in [5.41, 5.74) is 3.26. The molecule has 0 aliphatic rings. The van der Waals surface area contributed by atoms with Gasteiger partial charge in [-0.3, -0.25) is 4.90 Å². The minimum atomic E-state index is -0.444. The van der Waals surface area contributed by atoms with E-state index in [2.05, 4.69) is 36.1 Å². The highest BCUT2D eigenvalue weighted by Crippen LogP contribution is 2.23. The van der Waals surface area contributed by atoms with Crippen LogP contribution in [0.3, 0.4) is 0 Å². The second-order valence-corrected chi connectivity index (χ2v) is 6.07. The monoisotopic (exact) mass is 317 g/mol. The quantitative estimate of drug-likeness (QED) is 0.807. The van der Waals surface area contributed by atoms with Crippen molar-refractivity contribution in [2.45, 2.75) is 32.9 Å². The average Bonchev–Trinajstić information content (AvgIpc) is 2.54. The summed E-state index contributed by atoms with van der Waals surface area (Å²) in [6.07, 6.45) is 0.280. The van der Waals surface area contributed by atoms with E-state index < -0.39 is 6.10 Å². The molecule has 0 aliphatic carbocycles. The second-order valence-electron chi connectivity index (χ2n) is 5.67. The molecule has 0 saturated carbocycles. The number of nitrogens with zero attached hydrogens (tertiary/aromatic N) is 1. The number of benzene rings is 2. The van der Waals surface area contributed by atoms with E-state index in [4.69, 9.17) is 11.6 Å². The molecule has 0 radical (unpaired) electrons. The fraction of sp³-hybridized carbons (Fsp3) is 0.368. The Morgan fingerprint density at radius 3 is 2.50 bits per heavy atom. The van der Waals surface area contributed by atoms with E-state index in [-0.39, 0.29) is 0 Å². The van der Waals surface area contributed by atoms with Gasteiger partial charge in [0.15, 0.2) is 0 Å². The van der Waals surface area contributed by atoms with Crippen molar-refractivity contribution >= 4 is 11.6 Å². The molecule has 3 heteroatoms. The predicted molar refractivity (Wildman–Crippen MR) is 93.2 cm³/mol. The lowest BCUT2D eigenvalue weighted by atomic mass is 10.0. The van der Waals surface area contributed by atoms with Crippen LogP contribution in [0.1, 0.15) is 36.1 Å². The topological polar surface area (TPSA) is 23.5 Å². The van der Waals surface area contributed by atoms with Gasteiger partial charge >= 0.3 is 0 Å². The zero-order valence-corrected chi connectivity index (χ0v) is 14.1. The van der Waals surface area contributed by atoms with Crippen LogP contribution >= 0.6 is 11.6 Å². The first-order valence-electron chi connectivity index (χ1n) is 7.80. The highest BCUT2D eigenvalue weighted by molar-refractivity contribution is 6.31. The molecule has 22 heavy (non-hydrogen) atoms. The van der Waals surface area contributed by atoms with Gasteiger partial charge in [0.05, 0.1) is 6.10 Å². The zero-order chi connectivity index (χ0) is 15.9. The third-order valence-corrected chi connectivity index (χ3v) is 4.41. The normalized spacial score (nSPS) is 12.6. The Hall–Kier alpha value is -1.35. The van der Waals surface area contributed by atoms with E-state index in [1.54, 1.807) is 0 Å². The van der Waals surface area contributed by atoms with E-state index >= 15 is 0 Å². The molecular weight excluding hydrogens is 294 g/mol. The first kappa shape index (κ1) is 17.0. The maximum Gasteiger partial charge on any atom is 0.0802 e. The Labute approximate surface area is 138 Å². The van der Waals surface area contributed by atoms with Crippen LogP contribution in [-0.2, 0) is 6.54 Å². The van der Waals surface area contributed by atoms with Crippen molar-refractivity contribution in [3.63, 3.8) is 0 Å². The number of hydrogen-bond acceptors (Lipinski definition) is 2. The average molecular weight is 318 g/mol. The molecule has 0 aromatic heterocycles. The van der Waals surface area contributed by atoms with Crippen LogP contribution in [0.25, 0.3) is 0 Å². The molecule has 0 fully saturated rings. The smallest absolute Gasteiger partial charge is 0.0802 e. The van der Waals surface area contributed by atoms with Gasteiger partial charge < -0.3 is 5.11 Å². The molecule has 2 rings (SSSR count). The second kappa shape index (κ2) is 8.33. The molecule has 2 aromatic rings. The van der Waals surface area contributed by atoms with Crippen molar-refractivity contribution in [2.75, 3.05) is 13.1 Å². The summed E-state index contributed by atoms with van der Waals surface area (Å²) in [5.74, 6) is 0. The van der Waals surface area contributed by atoms with Crippen molar-refractivity contribution in [2.24, 2.45) is 0 Å². The van der Waals surface area contributed by atoms with Crippen molar-refractivity contribution in [3.8, 4) is 0 Å². The minimum absolute atomic E-state index is 0.444. The van der Waals surface area contributed by atoms with E-state index in [0.29, 0.717) is 0 Å². The molecule has 1 N–H and O–H groups in total. The first-order valence-corrected chi connectivity index (χ1v) is 8.18. The van der Waals surface area contributed by atoms with Crippen molar-refractivity contribution in [3.05, 3.63) is 70.2 Å². The summed E-state index contributed by atoms with van der Waals surface area (Å²) in [7, 11) is 0. The number of aliphatic hydroxyl groups is 1. The number of hydrogen-bond donors (Lipinski definition) is 1. The number of rotatable bonds is 7. The highest BCUT2D eigenvalue weighted by atomic mass is 35.5. The summed E-state index contributed by atoms with van der Waals surface area (Å²) in [6.45, 7) is 6.88. The predicted octanol–water partition coefficient (Wildman–Crippen LogP) is 4.59.